The molecule has 11 atom stereocenters. The number of likely N-dealkylation sites (N-methyl/N-ethyl adjacent to an activating group) is 1. The predicted molar refractivity (Wildman–Crippen MR) is 234 cm³/mol. The fourth-order valence-electron chi connectivity index (χ4n) is 15.2. The van der Waals surface area contributed by atoms with Gasteiger partial charge in [-0.05, 0) is 154 Å². The number of carbonyl (C=O) groups is 4. The molecule has 0 saturated heterocycles. The van der Waals surface area contributed by atoms with Crippen LogP contribution in [0.15, 0.2) is 35.4 Å². The summed E-state index contributed by atoms with van der Waals surface area (Å²) in [5, 5.41) is 0.736. The van der Waals surface area contributed by atoms with Gasteiger partial charge in [-0.15, -0.1) is 0 Å². The second-order valence-corrected chi connectivity index (χ2v) is 23.2. The molecule has 0 bridgehead atoms. The summed E-state index contributed by atoms with van der Waals surface area (Å²) in [6.07, 6.45) is 13.0. The van der Waals surface area contributed by atoms with Gasteiger partial charge in [-0.2, -0.15) is 0 Å². The lowest BCUT2D eigenvalue weighted by atomic mass is 9.36. The third-order valence-corrected chi connectivity index (χ3v) is 19.0. The number of fused-ring (bicyclic) bond motifs is 7. The van der Waals surface area contributed by atoms with Crippen molar-refractivity contribution in [2.24, 2.45) is 69.0 Å². The van der Waals surface area contributed by atoms with Crippen molar-refractivity contribution in [2.45, 2.75) is 143 Å². The molecular weight excluding hydrogens is 756 g/mol. The number of aldehydes is 1. The molecule has 6 saturated carbocycles. The number of benzene rings is 1. The minimum Gasteiger partial charge on any atom is -0.462 e. The number of allylic oxidation sites excluding steroid dienone is 2. The van der Waals surface area contributed by atoms with E-state index in [1.165, 1.54) is 11.1 Å². The van der Waals surface area contributed by atoms with Gasteiger partial charge in [0.25, 0.3) is 0 Å². The standard InChI is InChI=1S/C51H73ClN2O5/c1-31(2)44-39(56)27-51(28-43(57)54(25-24-53(8)9)30-50(22-23-50)34-10-12-35(52)13-11-34)21-16-38-36(45(44)51)14-15-41-48(38,6)19-17-40-47(4,5)42(18-20-49(40,41)7)59-46(58)37-26-33(29-55)32(37)3/h10-13,29,31-33,36-38,40-42H,14-28,30H2,1-9H3. The number of amides is 1. The Balaban J connectivity index is 1.03. The van der Waals surface area contributed by atoms with Crippen molar-refractivity contribution in [1.82, 2.24) is 9.80 Å². The topological polar surface area (TPSA) is 84.0 Å². The van der Waals surface area contributed by atoms with E-state index in [1.807, 2.05) is 19.1 Å². The Kier molecular flexibility index (Phi) is 11.3. The number of Topliss-reactive ketones (excluding diaryl/α,β-unsaturated/α-hetero) is 1. The molecule has 8 rings (SSSR count). The molecule has 11 unspecified atom stereocenters. The number of hydrogen-bond donors (Lipinski definition) is 0. The van der Waals surface area contributed by atoms with Gasteiger partial charge in [0.05, 0.1) is 5.92 Å². The Hall–Kier alpha value is -2.51. The van der Waals surface area contributed by atoms with E-state index in [0.717, 1.165) is 87.6 Å². The first-order valence-electron chi connectivity index (χ1n) is 23.4. The van der Waals surface area contributed by atoms with Crippen LogP contribution in [-0.4, -0.2) is 73.6 Å². The summed E-state index contributed by atoms with van der Waals surface area (Å²) in [4.78, 5) is 58.5. The molecule has 7 aliphatic carbocycles. The number of hydrogen-bond acceptors (Lipinski definition) is 6. The average molecular weight is 830 g/mol. The smallest absolute Gasteiger partial charge is 0.309 e. The normalized spacial score (nSPS) is 39.1. The van der Waals surface area contributed by atoms with Crippen LogP contribution in [0.1, 0.15) is 138 Å². The first kappa shape index (κ1) is 43.2. The summed E-state index contributed by atoms with van der Waals surface area (Å²) in [5.41, 5.74) is 3.43. The number of nitrogens with zero attached hydrogens (tertiary/aromatic N) is 2. The average Bonchev–Trinajstić information content (AvgIpc) is 3.88. The highest BCUT2D eigenvalue weighted by molar-refractivity contribution is 6.30. The maximum Gasteiger partial charge on any atom is 0.309 e. The first-order valence-corrected chi connectivity index (χ1v) is 23.8. The molecule has 1 aromatic rings. The van der Waals surface area contributed by atoms with E-state index in [2.05, 4.69) is 77.6 Å². The molecule has 324 valence electrons. The summed E-state index contributed by atoms with van der Waals surface area (Å²) in [6, 6.07) is 8.24. The molecule has 7 aliphatic rings. The van der Waals surface area contributed by atoms with Crippen molar-refractivity contribution in [2.75, 3.05) is 33.7 Å². The maximum absolute atomic E-state index is 14.9. The van der Waals surface area contributed by atoms with Crippen LogP contribution in [0.4, 0.5) is 0 Å². The van der Waals surface area contributed by atoms with Crippen molar-refractivity contribution < 1.29 is 23.9 Å². The number of ether oxygens (including phenoxy) is 1. The third kappa shape index (κ3) is 7.10. The van der Waals surface area contributed by atoms with Gasteiger partial charge < -0.3 is 19.3 Å². The Bertz CT molecular complexity index is 1860. The number of carbonyl (C=O) groups excluding carboxylic acids is 4. The lowest BCUT2D eigenvalue weighted by Crippen LogP contribution is -2.63. The second-order valence-electron chi connectivity index (χ2n) is 22.7. The Morgan fingerprint density at radius 3 is 2.20 bits per heavy atom. The fraction of sp³-hybridized carbons (Fsp3) is 0.765. The lowest BCUT2D eigenvalue weighted by Gasteiger charge is -2.69. The number of esters is 1. The van der Waals surface area contributed by atoms with E-state index in [0.29, 0.717) is 61.8 Å². The molecule has 0 N–H and O–H groups in total. The Morgan fingerprint density at radius 2 is 1.58 bits per heavy atom. The molecule has 0 radical (unpaired) electrons. The van der Waals surface area contributed by atoms with Crippen molar-refractivity contribution in [3.05, 3.63) is 46.0 Å². The minimum absolute atomic E-state index is 0.0232. The Labute approximate surface area is 360 Å². The van der Waals surface area contributed by atoms with Crippen LogP contribution < -0.4 is 0 Å². The van der Waals surface area contributed by atoms with Gasteiger partial charge in [-0.25, -0.2) is 0 Å². The van der Waals surface area contributed by atoms with Crippen LogP contribution in [0, 0.1) is 69.0 Å². The van der Waals surface area contributed by atoms with Crippen LogP contribution in [0.2, 0.25) is 5.02 Å². The molecule has 0 aliphatic heterocycles. The first-order chi connectivity index (χ1) is 27.8. The SMILES string of the molecule is CC(C)C1=C2C3CCC4C(C)(CCC5C(C)(C)C(OC(=O)C6CC(C=O)C6C)CCC54C)C3CCC2(CC(=O)N(CCN(C)C)CC2(c3ccc(Cl)cc3)CC2)CC1=O. The zero-order valence-electron chi connectivity index (χ0n) is 37.7. The predicted octanol–water partition coefficient (Wildman–Crippen LogP) is 10.1. The third-order valence-electron chi connectivity index (χ3n) is 18.7. The van der Waals surface area contributed by atoms with E-state index in [9.17, 15) is 19.2 Å². The minimum atomic E-state index is -0.389. The van der Waals surface area contributed by atoms with Gasteiger partial charge in [0.15, 0.2) is 5.78 Å². The summed E-state index contributed by atoms with van der Waals surface area (Å²) < 4.78 is 6.42. The summed E-state index contributed by atoms with van der Waals surface area (Å²) in [5.74, 6) is 2.26. The van der Waals surface area contributed by atoms with Crippen molar-refractivity contribution >= 4 is 35.5 Å². The maximum atomic E-state index is 14.9. The number of rotatable bonds is 12. The van der Waals surface area contributed by atoms with E-state index in [-0.39, 0.29) is 68.7 Å². The van der Waals surface area contributed by atoms with Crippen LogP contribution in [0.25, 0.3) is 0 Å². The summed E-state index contributed by atoms with van der Waals surface area (Å²) in [6.45, 7) is 18.5. The lowest BCUT2D eigenvalue weighted by molar-refractivity contribution is -0.217. The molecule has 0 aromatic heterocycles. The van der Waals surface area contributed by atoms with E-state index >= 15 is 0 Å². The molecule has 0 spiro atoms. The van der Waals surface area contributed by atoms with E-state index in [4.69, 9.17) is 16.3 Å². The van der Waals surface area contributed by atoms with Gasteiger partial charge in [-0.1, -0.05) is 77.8 Å². The molecule has 1 amide bonds. The number of ketones is 1. The number of halogens is 1. The zero-order valence-corrected chi connectivity index (χ0v) is 38.5. The quantitative estimate of drug-likeness (QED) is 0.154. The van der Waals surface area contributed by atoms with Gasteiger partial charge in [0.1, 0.15) is 12.4 Å². The van der Waals surface area contributed by atoms with Gasteiger partial charge in [0.2, 0.25) is 5.91 Å². The van der Waals surface area contributed by atoms with Crippen molar-refractivity contribution in [1.29, 1.82) is 0 Å². The van der Waals surface area contributed by atoms with Crippen molar-refractivity contribution in [3.8, 4) is 0 Å². The Morgan fingerprint density at radius 1 is 0.881 bits per heavy atom. The molecule has 6 fully saturated rings. The van der Waals surface area contributed by atoms with Gasteiger partial charge in [-0.3, -0.25) is 14.4 Å². The molecular formula is C51H73ClN2O5. The molecule has 0 heterocycles. The van der Waals surface area contributed by atoms with E-state index < -0.39 is 0 Å². The van der Waals surface area contributed by atoms with Gasteiger partial charge in [0, 0.05) is 59.7 Å². The van der Waals surface area contributed by atoms with Crippen LogP contribution in [0.3, 0.4) is 0 Å². The molecule has 8 heteroatoms. The fourth-order valence-corrected chi connectivity index (χ4v) is 15.4. The zero-order chi connectivity index (χ0) is 42.4. The van der Waals surface area contributed by atoms with Crippen LogP contribution >= 0.6 is 11.6 Å². The van der Waals surface area contributed by atoms with Gasteiger partial charge >= 0.3 is 5.97 Å². The monoisotopic (exact) mass is 829 g/mol. The highest BCUT2D eigenvalue weighted by atomic mass is 35.5. The van der Waals surface area contributed by atoms with Crippen molar-refractivity contribution in [3.63, 3.8) is 0 Å². The van der Waals surface area contributed by atoms with E-state index in [1.54, 1.807) is 0 Å². The molecule has 7 nitrogen and oxygen atoms in total. The summed E-state index contributed by atoms with van der Waals surface area (Å²) in [7, 11) is 4.16. The van der Waals surface area contributed by atoms with Crippen LogP contribution in [0.5, 0.6) is 0 Å². The molecule has 1 aromatic carbocycles. The summed E-state index contributed by atoms with van der Waals surface area (Å²) >= 11 is 6.29. The molecule has 59 heavy (non-hydrogen) atoms. The van der Waals surface area contributed by atoms with Crippen LogP contribution in [-0.2, 0) is 29.3 Å². The highest BCUT2D eigenvalue weighted by Crippen LogP contribution is 2.73. The second kappa shape index (κ2) is 15.4. The highest BCUT2D eigenvalue weighted by Gasteiger charge is 2.67. The largest absolute Gasteiger partial charge is 0.462 e.